The summed E-state index contributed by atoms with van der Waals surface area (Å²) in [6.45, 7) is 7.06. The molecule has 1 saturated heterocycles. The van der Waals surface area contributed by atoms with E-state index < -0.39 is 0 Å². The van der Waals surface area contributed by atoms with E-state index in [0.717, 1.165) is 25.9 Å². The summed E-state index contributed by atoms with van der Waals surface area (Å²) in [6, 6.07) is 0. The van der Waals surface area contributed by atoms with Gasteiger partial charge in [-0.1, -0.05) is 20.8 Å². The van der Waals surface area contributed by atoms with E-state index in [1.54, 1.807) is 0 Å². The highest BCUT2D eigenvalue weighted by atomic mass is 16.5. The van der Waals surface area contributed by atoms with Crippen LogP contribution in [0.5, 0.6) is 0 Å². The Balaban J connectivity index is 2.02. The van der Waals surface area contributed by atoms with Gasteiger partial charge in [-0.2, -0.15) is 0 Å². The third-order valence-corrected chi connectivity index (χ3v) is 4.68. The molecule has 1 aliphatic heterocycles. The van der Waals surface area contributed by atoms with E-state index in [-0.39, 0.29) is 16.9 Å². The first-order chi connectivity index (χ1) is 7.49. The highest BCUT2D eigenvalue weighted by Crippen LogP contribution is 2.45. The van der Waals surface area contributed by atoms with Crippen LogP contribution in [0.15, 0.2) is 0 Å². The lowest BCUT2D eigenvalue weighted by Gasteiger charge is -2.47. The van der Waals surface area contributed by atoms with E-state index >= 15 is 0 Å². The first kappa shape index (κ1) is 12.1. The number of Topliss-reactive ketones (excluding diaryl/α,β-unsaturated/α-hetero) is 1. The van der Waals surface area contributed by atoms with Crippen LogP contribution in [0.4, 0.5) is 0 Å². The number of carbonyl (C=O) groups is 1. The van der Waals surface area contributed by atoms with Crippen LogP contribution < -0.4 is 0 Å². The highest BCUT2D eigenvalue weighted by molar-refractivity contribution is 5.86. The molecular weight excluding hydrogens is 200 g/mol. The second-order valence-corrected chi connectivity index (χ2v) is 6.18. The molecule has 0 radical (unpaired) electrons. The van der Waals surface area contributed by atoms with Crippen molar-refractivity contribution in [1.82, 2.24) is 0 Å². The van der Waals surface area contributed by atoms with Crippen LogP contribution in [0.2, 0.25) is 0 Å². The molecule has 1 spiro atoms. The van der Waals surface area contributed by atoms with Crippen molar-refractivity contribution < 1.29 is 9.53 Å². The molecule has 0 aromatic rings. The Hall–Kier alpha value is -0.370. The summed E-state index contributed by atoms with van der Waals surface area (Å²) in [5.41, 5.74) is -0.0463. The molecule has 0 aromatic carbocycles. The van der Waals surface area contributed by atoms with Gasteiger partial charge >= 0.3 is 0 Å². The van der Waals surface area contributed by atoms with E-state index in [1.807, 2.05) is 0 Å². The van der Waals surface area contributed by atoms with Gasteiger partial charge in [-0.05, 0) is 38.5 Å². The number of rotatable bonds is 3. The fourth-order valence-corrected chi connectivity index (χ4v) is 2.90. The Labute approximate surface area is 98.7 Å². The van der Waals surface area contributed by atoms with Crippen molar-refractivity contribution >= 4 is 5.78 Å². The highest BCUT2D eigenvalue weighted by Gasteiger charge is 2.46. The summed E-state index contributed by atoms with van der Waals surface area (Å²) in [6.07, 6.45) is 6.47. The van der Waals surface area contributed by atoms with Gasteiger partial charge in [-0.3, -0.25) is 4.79 Å². The van der Waals surface area contributed by atoms with Gasteiger partial charge in [0.15, 0.2) is 0 Å². The third-order valence-electron chi connectivity index (χ3n) is 4.68. The molecule has 2 rings (SSSR count). The van der Waals surface area contributed by atoms with Crippen molar-refractivity contribution in [2.75, 3.05) is 6.61 Å². The largest absolute Gasteiger partial charge is 0.375 e. The average Bonchev–Trinajstić information content (AvgIpc) is 2.26. The van der Waals surface area contributed by atoms with Gasteiger partial charge < -0.3 is 4.74 Å². The molecule has 0 aromatic heterocycles. The summed E-state index contributed by atoms with van der Waals surface area (Å²) in [4.78, 5) is 12.4. The monoisotopic (exact) mass is 224 g/mol. The van der Waals surface area contributed by atoms with Gasteiger partial charge in [0.05, 0.1) is 5.60 Å². The first-order valence-corrected chi connectivity index (χ1v) is 6.67. The van der Waals surface area contributed by atoms with Crippen molar-refractivity contribution in [2.45, 2.75) is 64.9 Å². The lowest BCUT2D eigenvalue weighted by atomic mass is 9.67. The normalized spacial score (nSPS) is 28.8. The molecule has 1 unspecified atom stereocenters. The predicted molar refractivity (Wildman–Crippen MR) is 64.3 cm³/mol. The molecule has 2 aliphatic rings. The van der Waals surface area contributed by atoms with E-state index in [1.165, 1.54) is 19.3 Å². The maximum absolute atomic E-state index is 12.4. The summed E-state index contributed by atoms with van der Waals surface area (Å²) in [5.74, 6) is 0.716. The predicted octanol–water partition coefficient (Wildman–Crippen LogP) is 3.34. The van der Waals surface area contributed by atoms with E-state index in [2.05, 4.69) is 20.8 Å². The average molecular weight is 224 g/mol. The molecule has 16 heavy (non-hydrogen) atoms. The molecule has 2 fully saturated rings. The molecule has 0 amide bonds. The standard InChI is InChI=1S/C14H24O2/c1-4-13(2,3)12(15)11-6-9-16-14(10-11)7-5-8-14/h11H,4-10H2,1-3H3. The van der Waals surface area contributed by atoms with Crippen LogP contribution in [-0.2, 0) is 9.53 Å². The lowest BCUT2D eigenvalue weighted by Crippen LogP contribution is -2.48. The van der Waals surface area contributed by atoms with Crippen molar-refractivity contribution in [2.24, 2.45) is 11.3 Å². The number of ketones is 1. The molecule has 0 bridgehead atoms. The Bertz CT molecular complexity index is 276. The van der Waals surface area contributed by atoms with Crippen LogP contribution in [0.1, 0.15) is 59.3 Å². The van der Waals surface area contributed by atoms with Crippen molar-refractivity contribution in [1.29, 1.82) is 0 Å². The minimum absolute atomic E-state index is 0.0996. The van der Waals surface area contributed by atoms with Crippen molar-refractivity contribution in [3.05, 3.63) is 0 Å². The fourth-order valence-electron chi connectivity index (χ4n) is 2.90. The quantitative estimate of drug-likeness (QED) is 0.735. The number of carbonyl (C=O) groups excluding carboxylic acids is 1. The SMILES string of the molecule is CCC(C)(C)C(=O)C1CCOC2(CCC2)C1. The van der Waals surface area contributed by atoms with Gasteiger partial charge in [0.1, 0.15) is 5.78 Å². The second kappa shape index (κ2) is 4.14. The number of hydrogen-bond donors (Lipinski definition) is 0. The molecule has 1 atom stereocenters. The topological polar surface area (TPSA) is 26.3 Å². The van der Waals surface area contributed by atoms with Crippen LogP contribution in [0.25, 0.3) is 0 Å². The summed E-state index contributed by atoms with van der Waals surface area (Å²) >= 11 is 0. The van der Waals surface area contributed by atoms with Gasteiger partial charge in [-0.25, -0.2) is 0 Å². The van der Waals surface area contributed by atoms with Crippen LogP contribution in [-0.4, -0.2) is 18.0 Å². The maximum atomic E-state index is 12.4. The fraction of sp³-hybridized carbons (Fsp3) is 0.929. The summed E-state index contributed by atoms with van der Waals surface area (Å²) in [7, 11) is 0. The van der Waals surface area contributed by atoms with Gasteiger partial charge in [0.25, 0.3) is 0 Å². The number of hydrogen-bond acceptors (Lipinski definition) is 2. The Kier molecular flexibility index (Phi) is 3.13. The smallest absolute Gasteiger partial charge is 0.141 e. The van der Waals surface area contributed by atoms with Gasteiger partial charge in [-0.15, -0.1) is 0 Å². The van der Waals surface area contributed by atoms with Gasteiger partial charge in [0.2, 0.25) is 0 Å². The summed E-state index contributed by atoms with van der Waals surface area (Å²) in [5, 5.41) is 0. The zero-order chi connectivity index (χ0) is 11.8. The van der Waals surface area contributed by atoms with Crippen LogP contribution in [0.3, 0.4) is 0 Å². The van der Waals surface area contributed by atoms with Gasteiger partial charge in [0, 0.05) is 17.9 Å². The van der Waals surface area contributed by atoms with Crippen molar-refractivity contribution in [3.8, 4) is 0 Å². The number of ether oxygens (including phenoxy) is 1. The first-order valence-electron chi connectivity index (χ1n) is 6.67. The van der Waals surface area contributed by atoms with E-state index in [9.17, 15) is 4.79 Å². The van der Waals surface area contributed by atoms with Crippen LogP contribution in [0, 0.1) is 11.3 Å². The zero-order valence-corrected chi connectivity index (χ0v) is 10.8. The van der Waals surface area contributed by atoms with Crippen LogP contribution >= 0.6 is 0 Å². The van der Waals surface area contributed by atoms with Crippen molar-refractivity contribution in [3.63, 3.8) is 0 Å². The molecule has 1 heterocycles. The molecule has 92 valence electrons. The molecule has 1 aliphatic carbocycles. The maximum Gasteiger partial charge on any atom is 0.141 e. The Morgan fingerprint density at radius 1 is 1.44 bits per heavy atom. The Morgan fingerprint density at radius 2 is 2.12 bits per heavy atom. The molecule has 2 heteroatoms. The zero-order valence-electron chi connectivity index (χ0n) is 10.8. The minimum Gasteiger partial charge on any atom is -0.375 e. The molecule has 0 N–H and O–H groups in total. The Morgan fingerprint density at radius 3 is 2.62 bits per heavy atom. The molecule has 2 nitrogen and oxygen atoms in total. The van der Waals surface area contributed by atoms with E-state index in [0.29, 0.717) is 5.78 Å². The minimum atomic E-state index is -0.146. The second-order valence-electron chi connectivity index (χ2n) is 6.18. The lowest BCUT2D eigenvalue weighted by molar-refractivity contribution is -0.160. The third kappa shape index (κ3) is 2.04. The van der Waals surface area contributed by atoms with E-state index in [4.69, 9.17) is 4.74 Å². The summed E-state index contributed by atoms with van der Waals surface area (Å²) < 4.78 is 5.88. The molecular formula is C14H24O2. The molecule has 1 saturated carbocycles.